The fourth-order valence-corrected chi connectivity index (χ4v) is 1.29. The number of rotatable bonds is 4. The van der Waals surface area contributed by atoms with Crippen LogP contribution < -0.4 is 11.1 Å². The summed E-state index contributed by atoms with van der Waals surface area (Å²) >= 11 is 0. The molecule has 0 spiro atoms. The Hall–Kier alpha value is -1.30. The standard InChI is InChI=1S/C10H14F3N3/c1-7(5-10(11,12)13)16-6-9-8(14)3-2-4-15-9/h2-4,7,16H,5-6,14H2,1H3. The largest absolute Gasteiger partial charge is 0.397 e. The topological polar surface area (TPSA) is 50.9 Å². The zero-order chi connectivity index (χ0) is 12.2. The fourth-order valence-electron chi connectivity index (χ4n) is 1.29. The number of alkyl halides is 3. The van der Waals surface area contributed by atoms with Gasteiger partial charge in [-0.25, -0.2) is 0 Å². The Kier molecular flexibility index (Phi) is 4.12. The minimum Gasteiger partial charge on any atom is -0.397 e. The predicted molar refractivity (Wildman–Crippen MR) is 55.6 cm³/mol. The molecule has 0 fully saturated rings. The normalized spacial score (nSPS) is 13.8. The number of nitrogens with two attached hydrogens (primary N) is 1. The van der Waals surface area contributed by atoms with Crippen molar-refractivity contribution in [3.63, 3.8) is 0 Å². The quantitative estimate of drug-likeness (QED) is 0.837. The van der Waals surface area contributed by atoms with Gasteiger partial charge in [0.05, 0.1) is 17.8 Å². The molecule has 1 aromatic rings. The first-order valence-electron chi connectivity index (χ1n) is 4.88. The molecule has 1 rings (SSSR count). The van der Waals surface area contributed by atoms with Crippen molar-refractivity contribution in [3.8, 4) is 0 Å². The Labute approximate surface area is 91.9 Å². The Morgan fingerprint density at radius 2 is 2.19 bits per heavy atom. The van der Waals surface area contributed by atoms with Gasteiger partial charge in [0, 0.05) is 18.8 Å². The summed E-state index contributed by atoms with van der Waals surface area (Å²) in [6.45, 7) is 1.72. The van der Waals surface area contributed by atoms with E-state index >= 15 is 0 Å². The lowest BCUT2D eigenvalue weighted by Crippen LogP contribution is -2.31. The molecule has 1 aromatic heterocycles. The fraction of sp³-hybridized carbons (Fsp3) is 0.500. The Morgan fingerprint density at radius 3 is 2.75 bits per heavy atom. The van der Waals surface area contributed by atoms with Gasteiger partial charge in [0.15, 0.2) is 0 Å². The molecule has 0 aromatic carbocycles. The van der Waals surface area contributed by atoms with Gasteiger partial charge in [-0.15, -0.1) is 0 Å². The van der Waals surface area contributed by atoms with Crippen molar-refractivity contribution in [2.75, 3.05) is 5.73 Å². The maximum Gasteiger partial charge on any atom is 0.390 e. The molecule has 0 saturated heterocycles. The molecule has 0 bridgehead atoms. The van der Waals surface area contributed by atoms with Crippen molar-refractivity contribution in [2.45, 2.75) is 32.1 Å². The molecule has 0 aliphatic heterocycles. The second kappa shape index (κ2) is 5.16. The average molecular weight is 233 g/mol. The maximum atomic E-state index is 12.0. The summed E-state index contributed by atoms with van der Waals surface area (Å²) in [6.07, 6.45) is -3.45. The van der Waals surface area contributed by atoms with Crippen LogP contribution in [0.4, 0.5) is 18.9 Å². The Bertz CT molecular complexity index is 338. The number of hydrogen-bond donors (Lipinski definition) is 2. The second-order valence-corrected chi connectivity index (χ2v) is 3.64. The molecule has 0 radical (unpaired) electrons. The zero-order valence-electron chi connectivity index (χ0n) is 8.88. The number of nitrogens with one attached hydrogen (secondary N) is 1. The monoisotopic (exact) mass is 233 g/mol. The third-order valence-corrected chi connectivity index (χ3v) is 2.08. The highest BCUT2D eigenvalue weighted by Gasteiger charge is 2.29. The molecule has 3 N–H and O–H groups in total. The van der Waals surface area contributed by atoms with Gasteiger partial charge in [-0.2, -0.15) is 13.2 Å². The van der Waals surface area contributed by atoms with Crippen LogP contribution in [0.5, 0.6) is 0 Å². The maximum absolute atomic E-state index is 12.0. The predicted octanol–water partition coefficient (Wildman–Crippen LogP) is 2.09. The number of aromatic nitrogens is 1. The number of nitrogen functional groups attached to an aromatic ring is 1. The van der Waals surface area contributed by atoms with Gasteiger partial charge in [-0.1, -0.05) is 0 Å². The molecule has 0 aliphatic carbocycles. The van der Waals surface area contributed by atoms with Crippen LogP contribution in [-0.2, 0) is 6.54 Å². The van der Waals surface area contributed by atoms with E-state index in [1.807, 2.05) is 0 Å². The summed E-state index contributed by atoms with van der Waals surface area (Å²) in [5.41, 5.74) is 6.66. The molecular formula is C10H14F3N3. The smallest absolute Gasteiger partial charge is 0.390 e. The molecule has 0 saturated carbocycles. The van der Waals surface area contributed by atoms with Crippen molar-refractivity contribution >= 4 is 5.69 Å². The lowest BCUT2D eigenvalue weighted by Gasteiger charge is -2.15. The lowest BCUT2D eigenvalue weighted by atomic mass is 10.2. The number of halogens is 3. The van der Waals surface area contributed by atoms with Gasteiger partial charge in [-0.05, 0) is 19.1 Å². The van der Waals surface area contributed by atoms with Crippen molar-refractivity contribution in [3.05, 3.63) is 24.0 Å². The van der Waals surface area contributed by atoms with E-state index in [-0.39, 0.29) is 6.54 Å². The molecule has 90 valence electrons. The zero-order valence-corrected chi connectivity index (χ0v) is 8.88. The number of hydrogen-bond acceptors (Lipinski definition) is 3. The first-order chi connectivity index (χ1) is 7.38. The van der Waals surface area contributed by atoms with Gasteiger partial charge in [0.25, 0.3) is 0 Å². The van der Waals surface area contributed by atoms with Crippen LogP contribution in [0, 0.1) is 0 Å². The van der Waals surface area contributed by atoms with E-state index in [2.05, 4.69) is 10.3 Å². The van der Waals surface area contributed by atoms with E-state index < -0.39 is 18.6 Å². The Balaban J connectivity index is 2.43. The van der Waals surface area contributed by atoms with Gasteiger partial charge >= 0.3 is 6.18 Å². The lowest BCUT2D eigenvalue weighted by molar-refractivity contribution is -0.139. The van der Waals surface area contributed by atoms with E-state index in [1.165, 1.54) is 6.92 Å². The van der Waals surface area contributed by atoms with Crippen LogP contribution in [0.2, 0.25) is 0 Å². The van der Waals surface area contributed by atoms with Crippen LogP contribution in [0.3, 0.4) is 0 Å². The van der Waals surface area contributed by atoms with E-state index in [4.69, 9.17) is 5.73 Å². The first kappa shape index (κ1) is 12.8. The van der Waals surface area contributed by atoms with Gasteiger partial charge in [0.1, 0.15) is 0 Å². The minimum atomic E-state index is -4.15. The van der Waals surface area contributed by atoms with E-state index in [0.717, 1.165) is 0 Å². The molecule has 1 atom stereocenters. The van der Waals surface area contributed by atoms with E-state index in [0.29, 0.717) is 11.4 Å². The van der Waals surface area contributed by atoms with E-state index in [1.54, 1.807) is 18.3 Å². The molecule has 3 nitrogen and oxygen atoms in total. The molecule has 1 unspecified atom stereocenters. The van der Waals surface area contributed by atoms with Crippen LogP contribution in [0.15, 0.2) is 18.3 Å². The highest BCUT2D eigenvalue weighted by molar-refractivity contribution is 5.41. The number of nitrogens with zero attached hydrogens (tertiary/aromatic N) is 1. The van der Waals surface area contributed by atoms with Crippen LogP contribution in [-0.4, -0.2) is 17.2 Å². The van der Waals surface area contributed by atoms with Crippen molar-refractivity contribution < 1.29 is 13.2 Å². The summed E-state index contributed by atoms with van der Waals surface area (Å²) in [4.78, 5) is 3.98. The molecule has 0 amide bonds. The minimum absolute atomic E-state index is 0.240. The summed E-state index contributed by atoms with van der Waals surface area (Å²) in [6, 6.07) is 2.69. The van der Waals surface area contributed by atoms with Crippen molar-refractivity contribution in [1.82, 2.24) is 10.3 Å². The van der Waals surface area contributed by atoms with Crippen LogP contribution >= 0.6 is 0 Å². The molecule has 0 aliphatic rings. The van der Waals surface area contributed by atoms with Crippen LogP contribution in [0.1, 0.15) is 19.0 Å². The molecule has 1 heterocycles. The molecule has 6 heteroatoms. The summed E-state index contributed by atoms with van der Waals surface area (Å²) in [7, 11) is 0. The average Bonchev–Trinajstić information content (AvgIpc) is 2.14. The Morgan fingerprint density at radius 1 is 1.50 bits per heavy atom. The summed E-state index contributed by atoms with van der Waals surface area (Å²) < 4.78 is 36.1. The first-order valence-corrected chi connectivity index (χ1v) is 4.88. The molecule has 16 heavy (non-hydrogen) atoms. The van der Waals surface area contributed by atoms with Crippen molar-refractivity contribution in [1.29, 1.82) is 0 Å². The highest BCUT2D eigenvalue weighted by Crippen LogP contribution is 2.21. The van der Waals surface area contributed by atoms with E-state index in [9.17, 15) is 13.2 Å². The SMILES string of the molecule is CC(CC(F)(F)F)NCc1ncccc1N. The second-order valence-electron chi connectivity index (χ2n) is 3.64. The summed E-state index contributed by atoms with van der Waals surface area (Å²) in [5.74, 6) is 0. The van der Waals surface area contributed by atoms with Crippen LogP contribution in [0.25, 0.3) is 0 Å². The number of anilines is 1. The summed E-state index contributed by atoms with van der Waals surface area (Å²) in [5, 5.41) is 2.73. The van der Waals surface area contributed by atoms with Gasteiger partial charge in [-0.3, -0.25) is 4.98 Å². The molecular weight excluding hydrogens is 219 g/mol. The third kappa shape index (κ3) is 4.48. The number of pyridine rings is 1. The van der Waals surface area contributed by atoms with Gasteiger partial charge in [0.2, 0.25) is 0 Å². The highest BCUT2D eigenvalue weighted by atomic mass is 19.4. The third-order valence-electron chi connectivity index (χ3n) is 2.08. The van der Waals surface area contributed by atoms with Crippen molar-refractivity contribution in [2.24, 2.45) is 0 Å². The van der Waals surface area contributed by atoms with Gasteiger partial charge < -0.3 is 11.1 Å².